The minimum atomic E-state index is 0.280. The molecule has 0 unspecified atom stereocenters. The number of allylic oxidation sites excluding steroid dienone is 3. The largest absolute Gasteiger partial charge is 0.324 e. The van der Waals surface area contributed by atoms with Crippen molar-refractivity contribution in [1.82, 2.24) is 0 Å². The number of rotatable bonds is 2. The van der Waals surface area contributed by atoms with Crippen LogP contribution in [0, 0.1) is 5.92 Å². The molecule has 0 aromatic carbocycles. The maximum Gasteiger partial charge on any atom is 0.0369 e. The number of hydrogen-bond acceptors (Lipinski definition) is 1. The molecule has 1 atom stereocenters. The summed E-state index contributed by atoms with van der Waals surface area (Å²) in [7, 11) is 0. The van der Waals surface area contributed by atoms with E-state index < -0.39 is 0 Å². The lowest BCUT2D eigenvalue weighted by molar-refractivity contribution is 0.665. The lowest BCUT2D eigenvalue weighted by Gasteiger charge is -2.10. The summed E-state index contributed by atoms with van der Waals surface area (Å²) < 4.78 is 0. The smallest absolute Gasteiger partial charge is 0.0369 e. The van der Waals surface area contributed by atoms with Crippen molar-refractivity contribution in [3.63, 3.8) is 0 Å². The van der Waals surface area contributed by atoms with Crippen LogP contribution in [-0.4, -0.2) is 6.04 Å². The third-order valence-corrected chi connectivity index (χ3v) is 2.68. The van der Waals surface area contributed by atoms with Gasteiger partial charge in [-0.1, -0.05) is 17.7 Å². The molecule has 0 heterocycles. The highest BCUT2D eigenvalue weighted by molar-refractivity contribution is 6.31. The second-order valence-corrected chi connectivity index (χ2v) is 3.81. The molecule has 0 aromatic heterocycles. The Morgan fingerprint density at radius 2 is 2.27 bits per heavy atom. The summed E-state index contributed by atoms with van der Waals surface area (Å²) >= 11 is 5.81. The van der Waals surface area contributed by atoms with Gasteiger partial charge in [0.15, 0.2) is 0 Å². The molecule has 60 valence electrons. The Labute approximate surface area is 71.9 Å². The molecule has 2 aliphatic carbocycles. The molecule has 0 aromatic rings. The van der Waals surface area contributed by atoms with Gasteiger partial charge in [-0.05, 0) is 36.8 Å². The van der Waals surface area contributed by atoms with Gasteiger partial charge >= 0.3 is 0 Å². The van der Waals surface area contributed by atoms with Crippen molar-refractivity contribution >= 4 is 11.6 Å². The van der Waals surface area contributed by atoms with Crippen molar-refractivity contribution in [3.05, 3.63) is 22.8 Å². The fourth-order valence-corrected chi connectivity index (χ4v) is 1.72. The van der Waals surface area contributed by atoms with Crippen molar-refractivity contribution in [1.29, 1.82) is 0 Å². The van der Waals surface area contributed by atoms with Crippen molar-refractivity contribution < 1.29 is 0 Å². The number of nitrogens with two attached hydrogens (primary N) is 1. The first kappa shape index (κ1) is 7.38. The monoisotopic (exact) mass is 169 g/mol. The van der Waals surface area contributed by atoms with E-state index in [1.165, 1.54) is 18.4 Å². The molecule has 1 nitrogen and oxygen atoms in total. The van der Waals surface area contributed by atoms with E-state index in [-0.39, 0.29) is 6.04 Å². The molecule has 1 fully saturated rings. The summed E-state index contributed by atoms with van der Waals surface area (Å²) in [4.78, 5) is 0. The highest BCUT2D eigenvalue weighted by atomic mass is 35.5. The summed E-state index contributed by atoms with van der Waals surface area (Å²) in [6.07, 6.45) is 7.62. The molecule has 1 saturated carbocycles. The maximum absolute atomic E-state index is 5.99. The second-order valence-electron chi connectivity index (χ2n) is 3.38. The highest BCUT2D eigenvalue weighted by Crippen LogP contribution is 2.37. The van der Waals surface area contributed by atoms with Crippen LogP contribution in [0.4, 0.5) is 0 Å². The van der Waals surface area contributed by atoms with Crippen LogP contribution in [0.2, 0.25) is 0 Å². The Bertz CT molecular complexity index is 226. The number of halogens is 1. The Hall–Kier alpha value is -0.270. The Kier molecular flexibility index (Phi) is 1.78. The van der Waals surface area contributed by atoms with Crippen LogP contribution in [0.5, 0.6) is 0 Å². The molecular formula is C9H12ClN. The summed E-state index contributed by atoms with van der Waals surface area (Å²) in [5.41, 5.74) is 7.30. The van der Waals surface area contributed by atoms with Crippen LogP contribution in [-0.2, 0) is 0 Å². The van der Waals surface area contributed by atoms with Gasteiger partial charge in [-0.2, -0.15) is 0 Å². The molecule has 2 aliphatic rings. The first-order valence-corrected chi connectivity index (χ1v) is 4.47. The highest BCUT2D eigenvalue weighted by Gasteiger charge is 2.31. The summed E-state index contributed by atoms with van der Waals surface area (Å²) in [6.45, 7) is 0. The van der Waals surface area contributed by atoms with Gasteiger partial charge in [0.05, 0.1) is 0 Å². The topological polar surface area (TPSA) is 26.0 Å². The van der Waals surface area contributed by atoms with Gasteiger partial charge in [0, 0.05) is 11.1 Å². The van der Waals surface area contributed by atoms with E-state index in [9.17, 15) is 0 Å². The average molecular weight is 170 g/mol. The Morgan fingerprint density at radius 1 is 1.55 bits per heavy atom. The molecule has 0 aliphatic heterocycles. The van der Waals surface area contributed by atoms with Crippen LogP contribution in [0.1, 0.15) is 19.3 Å². The Balaban J connectivity index is 2.01. The van der Waals surface area contributed by atoms with E-state index in [1.807, 2.05) is 12.2 Å². The lowest BCUT2D eigenvalue weighted by atomic mass is 10.0. The van der Waals surface area contributed by atoms with E-state index >= 15 is 0 Å². The zero-order chi connectivity index (χ0) is 7.84. The molecule has 2 N–H and O–H groups in total. The Morgan fingerprint density at radius 3 is 2.73 bits per heavy atom. The van der Waals surface area contributed by atoms with Gasteiger partial charge in [-0.25, -0.2) is 0 Å². The molecule has 0 spiro atoms. The van der Waals surface area contributed by atoms with Gasteiger partial charge in [0.1, 0.15) is 0 Å². The zero-order valence-electron chi connectivity index (χ0n) is 6.39. The lowest BCUT2D eigenvalue weighted by Crippen LogP contribution is -2.24. The number of hydrogen-bond donors (Lipinski definition) is 1. The van der Waals surface area contributed by atoms with E-state index in [0.717, 1.165) is 17.4 Å². The zero-order valence-corrected chi connectivity index (χ0v) is 7.14. The predicted molar refractivity (Wildman–Crippen MR) is 47.3 cm³/mol. The van der Waals surface area contributed by atoms with Crippen LogP contribution < -0.4 is 5.73 Å². The van der Waals surface area contributed by atoms with Gasteiger partial charge in [0.25, 0.3) is 0 Å². The van der Waals surface area contributed by atoms with E-state index in [4.69, 9.17) is 17.3 Å². The summed E-state index contributed by atoms with van der Waals surface area (Å²) in [5.74, 6) is 0.747. The van der Waals surface area contributed by atoms with Crippen LogP contribution in [0.25, 0.3) is 0 Å². The second kappa shape index (κ2) is 2.65. The van der Waals surface area contributed by atoms with Gasteiger partial charge in [-0.15, -0.1) is 0 Å². The minimum absolute atomic E-state index is 0.280. The molecule has 0 amide bonds. The quantitative estimate of drug-likeness (QED) is 0.674. The third kappa shape index (κ3) is 1.49. The maximum atomic E-state index is 5.99. The molecule has 0 bridgehead atoms. The first-order chi connectivity index (χ1) is 5.27. The van der Waals surface area contributed by atoms with E-state index in [1.54, 1.807) is 0 Å². The van der Waals surface area contributed by atoms with Crippen molar-refractivity contribution in [2.75, 3.05) is 0 Å². The van der Waals surface area contributed by atoms with Crippen molar-refractivity contribution in [2.24, 2.45) is 11.7 Å². The minimum Gasteiger partial charge on any atom is -0.324 e. The first-order valence-electron chi connectivity index (χ1n) is 4.09. The van der Waals surface area contributed by atoms with E-state index in [2.05, 4.69) is 0 Å². The summed E-state index contributed by atoms with van der Waals surface area (Å²) in [5, 5.41) is 0.858. The average Bonchev–Trinajstić information content (AvgIpc) is 2.74. The fraction of sp³-hybridized carbons (Fsp3) is 0.556. The van der Waals surface area contributed by atoms with Crippen LogP contribution in [0.15, 0.2) is 22.8 Å². The molecule has 2 rings (SSSR count). The summed E-state index contributed by atoms with van der Waals surface area (Å²) in [6, 6.07) is 0.280. The normalized spacial score (nSPS) is 26.4. The molecular weight excluding hydrogens is 158 g/mol. The standard InChI is InChI=1S/C9H12ClN/c10-8-4-3-7(5-8)9(11)6-1-2-6/h4-6,9H,1-3,11H2/t9-/m1/s1. The third-order valence-electron chi connectivity index (χ3n) is 2.41. The van der Waals surface area contributed by atoms with Gasteiger partial charge in [0.2, 0.25) is 0 Å². The van der Waals surface area contributed by atoms with Crippen LogP contribution in [0.3, 0.4) is 0 Å². The fourth-order valence-electron chi connectivity index (χ4n) is 1.50. The molecule has 0 saturated heterocycles. The van der Waals surface area contributed by atoms with Gasteiger partial charge in [-0.3, -0.25) is 0 Å². The van der Waals surface area contributed by atoms with Crippen molar-refractivity contribution in [3.8, 4) is 0 Å². The van der Waals surface area contributed by atoms with Crippen molar-refractivity contribution in [2.45, 2.75) is 25.3 Å². The predicted octanol–water partition coefficient (Wildman–Crippen LogP) is 2.18. The van der Waals surface area contributed by atoms with Crippen LogP contribution >= 0.6 is 11.6 Å². The molecule has 0 radical (unpaired) electrons. The SMILES string of the molecule is N[C@@H](C1=CC(Cl)=CC1)C1CC1. The van der Waals surface area contributed by atoms with E-state index in [0.29, 0.717) is 0 Å². The van der Waals surface area contributed by atoms with Gasteiger partial charge < -0.3 is 5.73 Å². The molecule has 2 heteroatoms. The molecule has 11 heavy (non-hydrogen) atoms.